The molecule has 8 rings (SSSR count). The molecular formula is C43H42N4O2P+. The van der Waals surface area contributed by atoms with Crippen LogP contribution >= 0.6 is 7.87 Å². The second-order valence-corrected chi connectivity index (χ2v) is 15.3. The summed E-state index contributed by atoms with van der Waals surface area (Å²) in [7, 11) is 0.819. The van der Waals surface area contributed by atoms with Gasteiger partial charge in [0.25, 0.3) is 0 Å². The van der Waals surface area contributed by atoms with Crippen molar-refractivity contribution in [3.63, 3.8) is 0 Å². The van der Waals surface area contributed by atoms with Crippen LogP contribution in [0.3, 0.4) is 0 Å². The number of hydrogen-bond acceptors (Lipinski definition) is 6. The Balaban J connectivity index is 1.34. The second-order valence-electron chi connectivity index (χ2n) is 13.0. The van der Waals surface area contributed by atoms with E-state index < -0.39 is 18.9 Å². The smallest absolute Gasteiger partial charge is 0.301 e. The van der Waals surface area contributed by atoms with Crippen LogP contribution in [0.5, 0.6) is 11.5 Å². The van der Waals surface area contributed by atoms with Crippen LogP contribution in [0.4, 0.5) is 0 Å². The molecule has 2 fully saturated rings. The SMILES string of the molecule is COc1ccc(CC2N[P+]3(N[C@@H](c4ccc(OC)cc4)C(c4ccccc4)(c4ccccc4)N3)NC2(c2ccccc2)c2ccccc2)cc1. The molecule has 6 aromatic rings. The van der Waals surface area contributed by atoms with Gasteiger partial charge in [0, 0.05) is 0 Å². The molecule has 0 aromatic heterocycles. The average Bonchev–Trinajstić information content (AvgIpc) is 3.71. The third-order valence-corrected chi connectivity index (χ3v) is 13.0. The van der Waals surface area contributed by atoms with Crippen LogP contribution in [-0.4, -0.2) is 20.3 Å². The molecule has 4 N–H and O–H groups in total. The first-order valence-electron chi connectivity index (χ1n) is 17.1. The number of benzene rings is 6. The summed E-state index contributed by atoms with van der Waals surface area (Å²) in [6.07, 6.45) is 0.781. The van der Waals surface area contributed by atoms with Crippen molar-refractivity contribution in [2.45, 2.75) is 29.6 Å². The number of rotatable bonds is 9. The van der Waals surface area contributed by atoms with E-state index in [0.717, 1.165) is 23.5 Å². The lowest BCUT2D eigenvalue weighted by Gasteiger charge is -2.34. The van der Waals surface area contributed by atoms with Crippen molar-refractivity contribution >= 4 is 7.87 Å². The maximum atomic E-state index is 5.60. The van der Waals surface area contributed by atoms with Gasteiger partial charge in [-0.2, -0.15) is 0 Å². The minimum atomic E-state index is -2.61. The van der Waals surface area contributed by atoms with Crippen molar-refractivity contribution in [3.05, 3.63) is 203 Å². The Morgan fingerprint density at radius 2 is 0.880 bits per heavy atom. The van der Waals surface area contributed by atoms with E-state index in [1.807, 2.05) is 0 Å². The zero-order chi connectivity index (χ0) is 34.0. The molecule has 2 unspecified atom stereocenters. The molecule has 2 aliphatic heterocycles. The molecule has 6 nitrogen and oxygen atoms in total. The maximum absolute atomic E-state index is 5.60. The van der Waals surface area contributed by atoms with Crippen LogP contribution in [0.25, 0.3) is 0 Å². The summed E-state index contributed by atoms with van der Waals surface area (Å²) in [5, 5.41) is 17.2. The largest absolute Gasteiger partial charge is 0.497 e. The van der Waals surface area contributed by atoms with Crippen LogP contribution in [0.15, 0.2) is 170 Å². The second kappa shape index (κ2) is 13.5. The van der Waals surface area contributed by atoms with Gasteiger partial charge in [0.05, 0.1) is 20.3 Å². The van der Waals surface area contributed by atoms with Crippen molar-refractivity contribution in [3.8, 4) is 11.5 Å². The summed E-state index contributed by atoms with van der Waals surface area (Å²) in [6, 6.07) is 60.2. The molecule has 0 aliphatic carbocycles. The van der Waals surface area contributed by atoms with Crippen molar-refractivity contribution in [2.24, 2.45) is 0 Å². The Kier molecular flexibility index (Phi) is 8.74. The molecule has 2 aliphatic rings. The lowest BCUT2D eigenvalue weighted by atomic mass is 9.75. The van der Waals surface area contributed by atoms with Crippen molar-refractivity contribution in [1.82, 2.24) is 20.3 Å². The molecule has 0 radical (unpaired) electrons. The average molecular weight is 678 g/mol. The third-order valence-electron chi connectivity index (χ3n) is 10.3. The van der Waals surface area contributed by atoms with Crippen molar-refractivity contribution in [1.29, 1.82) is 0 Å². The Morgan fingerprint density at radius 1 is 0.480 bits per heavy atom. The Labute approximate surface area is 295 Å². The van der Waals surface area contributed by atoms with E-state index in [1.54, 1.807) is 14.2 Å². The molecule has 0 bridgehead atoms. The van der Waals surface area contributed by atoms with Crippen LogP contribution < -0.4 is 29.8 Å². The van der Waals surface area contributed by atoms with Gasteiger partial charge in [-0.05, 0) is 64.1 Å². The molecule has 50 heavy (non-hydrogen) atoms. The Morgan fingerprint density at radius 3 is 1.32 bits per heavy atom. The third kappa shape index (κ3) is 5.60. The quantitative estimate of drug-likeness (QED) is 0.116. The van der Waals surface area contributed by atoms with Gasteiger partial charge in [-0.3, -0.25) is 0 Å². The predicted molar refractivity (Wildman–Crippen MR) is 203 cm³/mol. The van der Waals surface area contributed by atoms with Gasteiger partial charge in [-0.15, -0.1) is 20.3 Å². The highest BCUT2D eigenvalue weighted by Crippen LogP contribution is 2.66. The fraction of sp³-hybridized carbons (Fsp3) is 0.163. The van der Waals surface area contributed by atoms with E-state index in [1.165, 1.54) is 27.8 Å². The number of hydrogen-bond donors (Lipinski definition) is 4. The van der Waals surface area contributed by atoms with E-state index >= 15 is 0 Å². The highest BCUT2D eigenvalue weighted by Gasteiger charge is 2.71. The highest BCUT2D eigenvalue weighted by atomic mass is 31.2. The van der Waals surface area contributed by atoms with E-state index in [2.05, 4.69) is 190 Å². The molecule has 250 valence electrons. The number of nitrogens with one attached hydrogen (secondary N) is 4. The lowest BCUT2D eigenvalue weighted by Crippen LogP contribution is -2.48. The topological polar surface area (TPSA) is 66.6 Å². The summed E-state index contributed by atoms with van der Waals surface area (Å²) >= 11 is 0. The van der Waals surface area contributed by atoms with Crippen LogP contribution in [0, 0.1) is 0 Å². The van der Waals surface area contributed by atoms with Crippen molar-refractivity contribution in [2.75, 3.05) is 14.2 Å². The van der Waals surface area contributed by atoms with Gasteiger partial charge in [-0.1, -0.05) is 146 Å². The van der Waals surface area contributed by atoms with Crippen LogP contribution in [0.2, 0.25) is 0 Å². The zero-order valence-corrected chi connectivity index (χ0v) is 29.2. The van der Waals surface area contributed by atoms with Gasteiger partial charge in [0.15, 0.2) is 0 Å². The summed E-state index contributed by atoms with van der Waals surface area (Å²) in [6.45, 7) is 0. The molecule has 0 saturated carbocycles. The van der Waals surface area contributed by atoms with E-state index in [4.69, 9.17) is 9.47 Å². The molecular weight excluding hydrogens is 635 g/mol. The first kappa shape index (κ1) is 32.4. The molecule has 7 heteroatoms. The standard InChI is InChI=1S/C43H42N4O2P/c1-48-38-27-23-32(24-28-38)31-40-42(34-15-7-3-8-16-34,35-17-9-4-10-18-35)46-50(44-40)45-41(33-25-29-39(49-2)30-26-33)43(47-50,36-19-11-5-12-20-36)37-21-13-6-14-22-37/h3-30,40-41,44-47H,31H2,1-2H3/q+1/t40?,41-,50?/m0/s1. The molecule has 0 amide bonds. The van der Waals surface area contributed by atoms with Gasteiger partial charge in [0.1, 0.15) is 28.6 Å². The number of methoxy groups -OCH3 is 2. The Hall–Kier alpha value is -4.81. The van der Waals surface area contributed by atoms with Crippen LogP contribution in [-0.2, 0) is 17.5 Å². The summed E-state index contributed by atoms with van der Waals surface area (Å²) in [5.74, 6) is 1.68. The first-order valence-corrected chi connectivity index (χ1v) is 18.9. The monoisotopic (exact) mass is 677 g/mol. The highest BCUT2D eigenvalue weighted by molar-refractivity contribution is 7.68. The van der Waals surface area contributed by atoms with Gasteiger partial charge >= 0.3 is 7.87 Å². The van der Waals surface area contributed by atoms with E-state index in [0.29, 0.717) is 0 Å². The first-order chi connectivity index (χ1) is 24.6. The molecule has 2 heterocycles. The van der Waals surface area contributed by atoms with Gasteiger partial charge in [0.2, 0.25) is 0 Å². The van der Waals surface area contributed by atoms with Gasteiger partial charge < -0.3 is 9.47 Å². The maximum Gasteiger partial charge on any atom is 0.301 e. The fourth-order valence-corrected chi connectivity index (χ4v) is 11.7. The fourth-order valence-electron chi connectivity index (χ4n) is 7.94. The van der Waals surface area contributed by atoms with E-state index in [-0.39, 0.29) is 12.1 Å². The minimum absolute atomic E-state index is 0.0344. The van der Waals surface area contributed by atoms with Gasteiger partial charge in [-0.25, -0.2) is 0 Å². The predicted octanol–water partition coefficient (Wildman–Crippen LogP) is 8.31. The van der Waals surface area contributed by atoms with Crippen molar-refractivity contribution < 1.29 is 9.47 Å². The minimum Gasteiger partial charge on any atom is -0.497 e. The summed E-state index contributed by atoms with van der Waals surface area (Å²) < 4.78 is 11.1. The normalized spacial score (nSPS) is 22.0. The molecule has 6 aromatic carbocycles. The lowest BCUT2D eigenvalue weighted by molar-refractivity contribution is 0.399. The molecule has 1 spiro atoms. The van der Waals surface area contributed by atoms with Crippen LogP contribution in [0.1, 0.15) is 39.4 Å². The molecule has 3 atom stereocenters. The van der Waals surface area contributed by atoms with E-state index in [9.17, 15) is 0 Å². The number of ether oxygens (including phenoxy) is 2. The zero-order valence-electron chi connectivity index (χ0n) is 28.3. The Bertz CT molecular complexity index is 1930. The summed E-state index contributed by atoms with van der Waals surface area (Å²) in [5.41, 5.74) is 5.96. The summed E-state index contributed by atoms with van der Waals surface area (Å²) in [4.78, 5) is 0. The molecule has 2 saturated heterocycles.